The molecule has 1 atom stereocenters. The number of furan rings is 1. The summed E-state index contributed by atoms with van der Waals surface area (Å²) in [5.41, 5.74) is 10.9. The molecule has 0 saturated heterocycles. The van der Waals surface area contributed by atoms with Crippen molar-refractivity contribution in [3.05, 3.63) is 204 Å². The lowest BCUT2D eigenvalue weighted by Crippen LogP contribution is -2.24. The summed E-state index contributed by atoms with van der Waals surface area (Å²) < 4.78 is 6.38. The van der Waals surface area contributed by atoms with Gasteiger partial charge in [0.1, 0.15) is 11.0 Å². The van der Waals surface area contributed by atoms with Gasteiger partial charge in [-0.3, -0.25) is 0 Å². The minimum atomic E-state index is 0.185. The lowest BCUT2D eigenvalue weighted by molar-refractivity contribution is 0.570. The zero-order valence-corrected chi connectivity index (χ0v) is 32.9. The van der Waals surface area contributed by atoms with E-state index in [2.05, 4.69) is 78.9 Å². The largest absolute Gasteiger partial charge is 0.456 e. The van der Waals surface area contributed by atoms with E-state index in [1.807, 2.05) is 121 Å². The van der Waals surface area contributed by atoms with Gasteiger partial charge in [0, 0.05) is 49.9 Å². The average Bonchev–Trinajstić information content (AvgIpc) is 3.72. The molecule has 0 N–H and O–H groups in total. The van der Waals surface area contributed by atoms with Crippen LogP contribution in [0.1, 0.15) is 17.9 Å². The molecule has 0 spiro atoms. The van der Waals surface area contributed by atoms with Gasteiger partial charge in [-0.25, -0.2) is 29.9 Å². The Kier molecular flexibility index (Phi) is 9.16. The fourth-order valence-corrected chi connectivity index (χ4v) is 7.94. The molecule has 3 aromatic heterocycles. The third-order valence-corrected chi connectivity index (χ3v) is 11.2. The highest BCUT2D eigenvalue weighted by molar-refractivity contribution is 5.86. The summed E-state index contributed by atoms with van der Waals surface area (Å²) in [4.78, 5) is 29.4. The maximum Gasteiger partial charge on any atom is 0.164 e. The highest BCUT2D eigenvalue weighted by atomic mass is 16.3. The Morgan fingerprint density at radius 1 is 0.361 bits per heavy atom. The van der Waals surface area contributed by atoms with Gasteiger partial charge in [-0.2, -0.15) is 0 Å². The summed E-state index contributed by atoms with van der Waals surface area (Å²) >= 11 is 0. The van der Waals surface area contributed by atoms with Crippen LogP contribution in [-0.2, 0) is 0 Å². The molecule has 0 radical (unpaired) electrons. The first-order valence-corrected chi connectivity index (χ1v) is 20.4. The van der Waals surface area contributed by atoms with Crippen LogP contribution in [0.2, 0.25) is 0 Å². The molecular weight excluding hydrogens is 749 g/mol. The smallest absolute Gasteiger partial charge is 0.164 e. The number of hydrogen-bond donors (Lipinski definition) is 0. The van der Waals surface area contributed by atoms with Crippen molar-refractivity contribution in [2.45, 2.75) is 12.3 Å². The normalized spacial score (nSPS) is 13.3. The SMILES string of the molecule is C1=c2oc3ccc(-c4ccc(-c5nc(-c6ccccc6)nc(-c6ccccc6)n5)cc4)cc3c2=CC(c2ccc(-c3nc(-c4ccccc4)nc(-c4ccccc4)n3)cc2)C1. The number of fused-ring (bicyclic) bond motifs is 3. The Morgan fingerprint density at radius 2 is 0.721 bits per heavy atom. The van der Waals surface area contributed by atoms with Gasteiger partial charge in [-0.05, 0) is 41.3 Å². The van der Waals surface area contributed by atoms with E-state index in [0.717, 1.165) is 72.5 Å². The zero-order valence-electron chi connectivity index (χ0n) is 32.9. The van der Waals surface area contributed by atoms with E-state index in [0.29, 0.717) is 34.9 Å². The first kappa shape index (κ1) is 36.0. The van der Waals surface area contributed by atoms with Crippen LogP contribution in [-0.4, -0.2) is 29.9 Å². The van der Waals surface area contributed by atoms with Gasteiger partial charge in [0.15, 0.2) is 34.9 Å². The van der Waals surface area contributed by atoms with Crippen molar-refractivity contribution in [1.29, 1.82) is 0 Å². The number of aromatic nitrogens is 6. The van der Waals surface area contributed by atoms with Crippen LogP contribution in [0.3, 0.4) is 0 Å². The molecule has 0 amide bonds. The Balaban J connectivity index is 0.893. The first-order valence-electron chi connectivity index (χ1n) is 20.4. The van der Waals surface area contributed by atoms with Crippen LogP contribution < -0.4 is 10.6 Å². The van der Waals surface area contributed by atoms with E-state index >= 15 is 0 Å². The van der Waals surface area contributed by atoms with Gasteiger partial charge >= 0.3 is 0 Å². The molecule has 1 unspecified atom stereocenters. The summed E-state index contributed by atoms with van der Waals surface area (Å²) in [6.45, 7) is 0. The quantitative estimate of drug-likeness (QED) is 0.151. The van der Waals surface area contributed by atoms with Gasteiger partial charge in [-0.1, -0.05) is 182 Å². The van der Waals surface area contributed by atoms with Crippen molar-refractivity contribution in [3.8, 4) is 79.5 Å². The van der Waals surface area contributed by atoms with Crippen molar-refractivity contribution >= 4 is 23.1 Å². The molecule has 7 aromatic carbocycles. The van der Waals surface area contributed by atoms with Crippen molar-refractivity contribution in [3.63, 3.8) is 0 Å². The fourth-order valence-electron chi connectivity index (χ4n) is 7.94. The van der Waals surface area contributed by atoms with E-state index in [4.69, 9.17) is 34.3 Å². The second kappa shape index (κ2) is 15.5. The number of nitrogens with zero attached hydrogens (tertiary/aromatic N) is 6. The van der Waals surface area contributed by atoms with Crippen LogP contribution in [0.5, 0.6) is 0 Å². The number of rotatable bonds is 8. The Bertz CT molecular complexity index is 3180. The van der Waals surface area contributed by atoms with E-state index in [1.165, 1.54) is 5.56 Å². The second-order valence-corrected chi connectivity index (χ2v) is 15.1. The van der Waals surface area contributed by atoms with Gasteiger partial charge in [-0.15, -0.1) is 0 Å². The Labute approximate surface area is 352 Å². The lowest BCUT2D eigenvalue weighted by Gasteiger charge is -2.14. The molecule has 10 aromatic rings. The molecule has 7 heteroatoms. The lowest BCUT2D eigenvalue weighted by atomic mass is 9.90. The van der Waals surface area contributed by atoms with Crippen molar-refractivity contribution < 1.29 is 4.42 Å². The van der Waals surface area contributed by atoms with Crippen molar-refractivity contribution in [2.75, 3.05) is 0 Å². The molecule has 1 aliphatic rings. The van der Waals surface area contributed by atoms with Gasteiger partial charge in [0.25, 0.3) is 0 Å². The van der Waals surface area contributed by atoms with Crippen molar-refractivity contribution in [1.82, 2.24) is 29.9 Å². The Morgan fingerprint density at radius 3 is 1.15 bits per heavy atom. The first-order chi connectivity index (χ1) is 30.2. The summed E-state index contributed by atoms with van der Waals surface area (Å²) in [6, 6.07) is 63.7. The second-order valence-electron chi connectivity index (χ2n) is 15.1. The molecule has 1 aliphatic carbocycles. The molecule has 288 valence electrons. The summed E-state index contributed by atoms with van der Waals surface area (Å²) in [6.07, 6.45) is 5.41. The van der Waals surface area contributed by atoms with Crippen LogP contribution in [0.15, 0.2) is 192 Å². The van der Waals surface area contributed by atoms with Gasteiger partial charge < -0.3 is 4.42 Å². The molecule has 0 bridgehead atoms. The van der Waals surface area contributed by atoms with Crippen LogP contribution in [0.25, 0.3) is 103 Å². The van der Waals surface area contributed by atoms with Gasteiger partial charge in [0.05, 0.1) is 0 Å². The summed E-state index contributed by atoms with van der Waals surface area (Å²) in [5, 5.41) is 2.22. The van der Waals surface area contributed by atoms with E-state index in [-0.39, 0.29) is 5.92 Å². The van der Waals surface area contributed by atoms with Crippen LogP contribution in [0.4, 0.5) is 0 Å². The average molecular weight is 785 g/mol. The number of benzene rings is 7. The highest BCUT2D eigenvalue weighted by Crippen LogP contribution is 2.31. The monoisotopic (exact) mass is 784 g/mol. The standard InChI is InChI=1S/C54H36N6O/c1-5-13-37(14-6-1)49-55-50(38-15-7-2-8-16-38)58-53(57-49)41-25-21-35(22-26-41)43-29-31-47-45(33-43)46-34-44(30-32-48(46)61-47)36-23-27-42(28-24-36)54-59-51(39-17-9-3-10-18-39)56-52(60-54)40-19-11-4-12-20-40/h1-29,31-34,44H,30H2. The molecule has 0 saturated carbocycles. The topological polar surface area (TPSA) is 90.5 Å². The minimum absolute atomic E-state index is 0.185. The molecule has 11 rings (SSSR count). The molecule has 0 fully saturated rings. The van der Waals surface area contributed by atoms with Crippen molar-refractivity contribution in [2.24, 2.45) is 0 Å². The Hall–Kier alpha value is -8.16. The number of hydrogen-bond acceptors (Lipinski definition) is 7. The predicted molar refractivity (Wildman–Crippen MR) is 243 cm³/mol. The highest BCUT2D eigenvalue weighted by Gasteiger charge is 2.18. The van der Waals surface area contributed by atoms with Gasteiger partial charge in [0.2, 0.25) is 0 Å². The molecule has 61 heavy (non-hydrogen) atoms. The van der Waals surface area contributed by atoms with E-state index < -0.39 is 0 Å². The molecular formula is C54H36N6O. The maximum atomic E-state index is 6.38. The molecule has 7 nitrogen and oxygen atoms in total. The predicted octanol–water partition coefficient (Wildman–Crippen LogP) is 11.2. The summed E-state index contributed by atoms with van der Waals surface area (Å²) in [5.74, 6) is 4.04. The summed E-state index contributed by atoms with van der Waals surface area (Å²) in [7, 11) is 0. The molecule has 0 aliphatic heterocycles. The third kappa shape index (κ3) is 7.19. The van der Waals surface area contributed by atoms with E-state index in [9.17, 15) is 0 Å². The maximum absolute atomic E-state index is 6.38. The fraction of sp³-hybridized carbons (Fsp3) is 0.0370. The zero-order chi connectivity index (χ0) is 40.5. The van der Waals surface area contributed by atoms with Crippen LogP contribution in [0, 0.1) is 0 Å². The van der Waals surface area contributed by atoms with E-state index in [1.54, 1.807) is 0 Å². The third-order valence-electron chi connectivity index (χ3n) is 11.2. The molecule has 3 heterocycles. The van der Waals surface area contributed by atoms with Crippen LogP contribution >= 0.6 is 0 Å². The minimum Gasteiger partial charge on any atom is -0.456 e.